The summed E-state index contributed by atoms with van der Waals surface area (Å²) in [5.41, 5.74) is 0. The number of aliphatic hydroxyl groups excluding tert-OH is 2. The van der Waals surface area contributed by atoms with Crippen molar-refractivity contribution in [2.45, 2.75) is 347 Å². The van der Waals surface area contributed by atoms with E-state index in [4.69, 9.17) is 32.3 Å². The van der Waals surface area contributed by atoms with Gasteiger partial charge in [-0.1, -0.05) is 314 Å². The molecule has 18 heteroatoms. The van der Waals surface area contributed by atoms with Crippen molar-refractivity contribution in [2.75, 3.05) is 39.6 Å². The van der Waals surface area contributed by atoms with Crippen LogP contribution in [-0.2, 0) is 55.8 Å². The first-order valence-electron chi connectivity index (χ1n) is 41.1. The fraction of sp³-hybridized carbons (Fsp3) is 0.690. The lowest BCUT2D eigenvalue weighted by Crippen LogP contribution is -2.30. The Kier molecular flexibility index (Phi) is 75.6. The lowest BCUT2D eigenvalue weighted by atomic mass is 10.0. The Hall–Kier alpha value is -4.57. The van der Waals surface area contributed by atoms with E-state index >= 15 is 0 Å². The molecule has 0 aromatic carbocycles. The van der Waals surface area contributed by atoms with Crippen LogP contribution in [0.3, 0.4) is 0 Å². The molecule has 0 aliphatic carbocycles. The van der Waals surface area contributed by atoms with Gasteiger partial charge in [-0.25, -0.2) is 9.13 Å². The SMILES string of the molecule is CC/C=C\C/C=C\C/C=C\C/C=C\C/C=C\C/C=C\CCCCCCCCCCCCC(=O)OCC(O)COP(=O)(O)OCC(O)COP(=O)(O)OCC(COC(=O)CCCCCCCCCCCCC/C=C\C/C=C\C/C=C\C/C=C\C/C=C\CC)OC(=O)CCCCCCC/C=C\CCCCCC. The predicted octanol–water partition coefficient (Wildman–Crippen LogP) is 24.4. The van der Waals surface area contributed by atoms with E-state index in [1.807, 2.05) is 0 Å². The maximum Gasteiger partial charge on any atom is 0.472 e. The van der Waals surface area contributed by atoms with E-state index in [2.05, 4.69) is 167 Å². The highest BCUT2D eigenvalue weighted by molar-refractivity contribution is 7.47. The van der Waals surface area contributed by atoms with Crippen LogP contribution in [-0.4, -0.2) is 95.9 Å². The molecule has 105 heavy (non-hydrogen) atoms. The Morgan fingerprint density at radius 3 is 0.810 bits per heavy atom. The van der Waals surface area contributed by atoms with Gasteiger partial charge in [-0.05, 0) is 141 Å². The number of carbonyl (C=O) groups excluding carboxylic acids is 3. The summed E-state index contributed by atoms with van der Waals surface area (Å²) >= 11 is 0. The van der Waals surface area contributed by atoms with Crippen LogP contribution < -0.4 is 0 Å². The lowest BCUT2D eigenvalue weighted by Gasteiger charge is -2.21. The first kappa shape index (κ1) is 100. The Bertz CT molecular complexity index is 2490. The average molecular weight is 1510 g/mol. The molecule has 0 heterocycles. The largest absolute Gasteiger partial charge is 0.472 e. The number of hydrogen-bond acceptors (Lipinski definition) is 14. The highest BCUT2D eigenvalue weighted by Gasteiger charge is 2.29. The number of allylic oxidation sites excluding steroid dienone is 24. The number of carbonyl (C=O) groups is 3. The van der Waals surface area contributed by atoms with Crippen LogP contribution in [0.1, 0.15) is 329 Å². The van der Waals surface area contributed by atoms with Gasteiger partial charge in [0, 0.05) is 19.3 Å². The van der Waals surface area contributed by atoms with Gasteiger partial charge in [0.15, 0.2) is 6.10 Å². The van der Waals surface area contributed by atoms with Gasteiger partial charge < -0.3 is 34.2 Å². The molecule has 5 atom stereocenters. The molecule has 0 radical (unpaired) electrons. The molecule has 0 fully saturated rings. The maximum absolute atomic E-state index is 13.0. The van der Waals surface area contributed by atoms with Gasteiger partial charge in [0.2, 0.25) is 0 Å². The molecule has 0 saturated carbocycles. The molecule has 0 spiro atoms. The Balaban J connectivity index is 4.50. The Morgan fingerprint density at radius 2 is 0.505 bits per heavy atom. The van der Waals surface area contributed by atoms with E-state index in [0.29, 0.717) is 19.3 Å². The number of phosphoric ester groups is 2. The third kappa shape index (κ3) is 80.3. The summed E-state index contributed by atoms with van der Waals surface area (Å²) in [5, 5.41) is 20.6. The highest BCUT2D eigenvalue weighted by atomic mass is 31.2. The van der Waals surface area contributed by atoms with E-state index < -0.39 is 91.5 Å². The molecule has 0 bridgehead atoms. The summed E-state index contributed by atoms with van der Waals surface area (Å²) in [6, 6.07) is 0. The number of phosphoric acid groups is 2. The Morgan fingerprint density at radius 1 is 0.276 bits per heavy atom. The molecular weight excluding hydrogens is 1360 g/mol. The molecule has 0 aliphatic rings. The average Bonchev–Trinajstić information content (AvgIpc) is 0.912. The second-order valence-corrected chi connectivity index (χ2v) is 30.1. The number of unbranched alkanes of at least 4 members (excludes halogenated alkanes) is 30. The van der Waals surface area contributed by atoms with Gasteiger partial charge in [0.1, 0.15) is 25.4 Å². The first-order chi connectivity index (χ1) is 51.2. The zero-order valence-corrected chi connectivity index (χ0v) is 67.6. The van der Waals surface area contributed by atoms with Crippen molar-refractivity contribution in [3.8, 4) is 0 Å². The van der Waals surface area contributed by atoms with Crippen molar-refractivity contribution in [2.24, 2.45) is 0 Å². The monoisotopic (exact) mass is 1510 g/mol. The van der Waals surface area contributed by atoms with Crippen LogP contribution in [0, 0.1) is 0 Å². The summed E-state index contributed by atoms with van der Waals surface area (Å²) in [4.78, 5) is 58.7. The minimum Gasteiger partial charge on any atom is -0.463 e. The standard InChI is InChI=1S/C87H148O16P2/c1-4-7-10-13-16-19-22-25-27-29-31-33-35-37-39-40-42-44-45-47-49-51-53-56-58-61-64-67-70-73-85(90)97-76-82(88)77-99-104(93,94)100-78-83(89)79-101-105(95,96)102-81-84(103-87(92)75-72-69-66-63-60-55-24-21-18-15-12-9-6-3)80-98-86(91)74-71-68-65-62-59-57-54-52-50-48-46-43-41-38-36-34-32-30-28-26-23-20-17-14-11-8-5-2/h7-8,10-11,16-17,19-21,24-28,31-34,37-39,41-42,44,82-84,88-89H,4-6,9,12-15,18,22-23,29-30,35-36,40,43,45-81H2,1-3H3,(H,93,94)(H,95,96)/b10-7-,11-8-,19-16-,20-17-,24-21-,27-25-,28-26-,33-31-,34-32-,39-37-,41-38-,44-42-. The summed E-state index contributed by atoms with van der Waals surface area (Å²) in [6.07, 6.45) is 97.5. The number of aliphatic hydroxyl groups is 2. The number of ether oxygens (including phenoxy) is 3. The Labute approximate surface area is 638 Å². The van der Waals surface area contributed by atoms with Crippen molar-refractivity contribution in [1.29, 1.82) is 0 Å². The molecule has 602 valence electrons. The van der Waals surface area contributed by atoms with Crippen molar-refractivity contribution >= 4 is 33.6 Å². The van der Waals surface area contributed by atoms with Gasteiger partial charge >= 0.3 is 33.6 Å². The first-order valence-corrected chi connectivity index (χ1v) is 44.1. The second kappa shape index (κ2) is 79.0. The molecule has 5 unspecified atom stereocenters. The van der Waals surface area contributed by atoms with Crippen molar-refractivity contribution in [1.82, 2.24) is 0 Å². The summed E-state index contributed by atoms with van der Waals surface area (Å²) < 4.78 is 61.2. The number of rotatable bonds is 77. The molecule has 0 saturated heterocycles. The minimum atomic E-state index is -4.94. The van der Waals surface area contributed by atoms with Gasteiger partial charge in [0.25, 0.3) is 0 Å². The summed E-state index contributed by atoms with van der Waals surface area (Å²) in [5.74, 6) is -1.59. The molecule has 0 aliphatic heterocycles. The molecular formula is C87H148O16P2. The van der Waals surface area contributed by atoms with Crippen LogP contribution in [0.15, 0.2) is 146 Å². The summed E-state index contributed by atoms with van der Waals surface area (Å²) in [7, 11) is -9.80. The van der Waals surface area contributed by atoms with Gasteiger partial charge in [-0.3, -0.25) is 32.5 Å². The molecule has 0 aromatic rings. The van der Waals surface area contributed by atoms with E-state index in [1.54, 1.807) is 0 Å². The normalized spacial score (nSPS) is 14.7. The maximum atomic E-state index is 13.0. The van der Waals surface area contributed by atoms with Crippen LogP contribution in [0.5, 0.6) is 0 Å². The van der Waals surface area contributed by atoms with Crippen LogP contribution in [0.25, 0.3) is 0 Å². The molecule has 4 N–H and O–H groups in total. The number of esters is 3. The van der Waals surface area contributed by atoms with Crippen molar-refractivity contribution in [3.63, 3.8) is 0 Å². The lowest BCUT2D eigenvalue weighted by molar-refractivity contribution is -0.161. The third-order valence-corrected chi connectivity index (χ3v) is 18.9. The van der Waals surface area contributed by atoms with E-state index in [1.165, 1.54) is 96.3 Å². The van der Waals surface area contributed by atoms with E-state index in [0.717, 1.165) is 173 Å². The van der Waals surface area contributed by atoms with Gasteiger partial charge in [-0.15, -0.1) is 0 Å². The topological polar surface area (TPSA) is 231 Å². The van der Waals surface area contributed by atoms with E-state index in [-0.39, 0.29) is 19.3 Å². The molecule has 16 nitrogen and oxygen atoms in total. The molecule has 0 aromatic heterocycles. The minimum absolute atomic E-state index is 0.0919. The van der Waals surface area contributed by atoms with Crippen molar-refractivity contribution < 1.29 is 75.8 Å². The van der Waals surface area contributed by atoms with Crippen LogP contribution in [0.2, 0.25) is 0 Å². The zero-order valence-electron chi connectivity index (χ0n) is 65.9. The van der Waals surface area contributed by atoms with Gasteiger partial charge in [-0.2, -0.15) is 0 Å². The fourth-order valence-electron chi connectivity index (χ4n) is 10.8. The van der Waals surface area contributed by atoms with Crippen LogP contribution in [0.4, 0.5) is 0 Å². The fourth-order valence-corrected chi connectivity index (χ4v) is 12.4. The molecule has 0 amide bonds. The number of hydrogen-bond donors (Lipinski definition) is 4. The smallest absolute Gasteiger partial charge is 0.463 e. The molecule has 0 rings (SSSR count). The van der Waals surface area contributed by atoms with Gasteiger partial charge in [0.05, 0.1) is 26.4 Å². The van der Waals surface area contributed by atoms with Crippen LogP contribution >= 0.6 is 15.6 Å². The van der Waals surface area contributed by atoms with Crippen molar-refractivity contribution in [3.05, 3.63) is 146 Å². The second-order valence-electron chi connectivity index (χ2n) is 27.2. The highest BCUT2D eigenvalue weighted by Crippen LogP contribution is 2.45. The van der Waals surface area contributed by atoms with E-state index in [9.17, 15) is 43.5 Å². The quantitative estimate of drug-likeness (QED) is 0.0146. The third-order valence-electron chi connectivity index (χ3n) is 17.0. The summed E-state index contributed by atoms with van der Waals surface area (Å²) in [6.45, 7) is 2.44. The predicted molar refractivity (Wildman–Crippen MR) is 436 cm³/mol. The zero-order chi connectivity index (χ0) is 76.6.